The first-order chi connectivity index (χ1) is 9.79. The highest BCUT2D eigenvalue weighted by Gasteiger charge is 2.25. The van der Waals surface area contributed by atoms with Crippen LogP contribution in [-0.2, 0) is 0 Å². The first-order valence-corrected chi connectivity index (χ1v) is 8.18. The summed E-state index contributed by atoms with van der Waals surface area (Å²) in [5.41, 5.74) is 7.00. The van der Waals surface area contributed by atoms with Crippen molar-refractivity contribution < 1.29 is 0 Å². The molecule has 1 aliphatic rings. The molecule has 0 heterocycles. The Bertz CT molecular complexity index is 576. The van der Waals surface area contributed by atoms with Crippen molar-refractivity contribution >= 4 is 22.6 Å². The normalized spacial score (nSPS) is 16.7. The SMILES string of the molecule is NNC(c1ccc(I)cc1)c1ccccc1C1CCC1. The lowest BCUT2D eigenvalue weighted by Gasteiger charge is -2.30. The molecule has 20 heavy (non-hydrogen) atoms. The molecule has 0 amide bonds. The van der Waals surface area contributed by atoms with Crippen LogP contribution in [0.1, 0.15) is 47.9 Å². The van der Waals surface area contributed by atoms with Gasteiger partial charge in [-0.15, -0.1) is 0 Å². The zero-order valence-corrected chi connectivity index (χ0v) is 13.5. The van der Waals surface area contributed by atoms with Gasteiger partial charge >= 0.3 is 0 Å². The summed E-state index contributed by atoms with van der Waals surface area (Å²) in [4.78, 5) is 0. The molecule has 3 N–H and O–H groups in total. The summed E-state index contributed by atoms with van der Waals surface area (Å²) in [6, 6.07) is 17.4. The second-order valence-corrected chi connectivity index (χ2v) is 6.65. The van der Waals surface area contributed by atoms with E-state index in [4.69, 9.17) is 5.84 Å². The zero-order chi connectivity index (χ0) is 13.9. The molecular weight excluding hydrogens is 359 g/mol. The molecule has 0 bridgehead atoms. The molecule has 1 unspecified atom stereocenters. The van der Waals surface area contributed by atoms with Crippen LogP contribution in [0.4, 0.5) is 0 Å². The maximum Gasteiger partial charge on any atom is 0.0712 e. The average molecular weight is 378 g/mol. The number of hydrogen-bond acceptors (Lipinski definition) is 2. The highest BCUT2D eigenvalue weighted by Crippen LogP contribution is 2.40. The number of benzene rings is 2. The molecule has 1 atom stereocenters. The molecule has 0 spiro atoms. The summed E-state index contributed by atoms with van der Waals surface area (Å²) in [7, 11) is 0. The molecule has 0 saturated heterocycles. The molecule has 2 nitrogen and oxygen atoms in total. The standard InChI is InChI=1S/C17H19IN2/c18-14-10-8-13(9-11-14)17(20-19)16-7-2-1-6-15(16)12-4-3-5-12/h1-2,6-12,17,20H,3-5,19H2. The Balaban J connectivity index is 1.98. The number of hydrogen-bond donors (Lipinski definition) is 2. The smallest absolute Gasteiger partial charge is 0.0712 e. The van der Waals surface area contributed by atoms with E-state index in [-0.39, 0.29) is 6.04 Å². The van der Waals surface area contributed by atoms with E-state index in [1.807, 2.05) is 0 Å². The minimum Gasteiger partial charge on any atom is -0.271 e. The molecule has 3 heteroatoms. The summed E-state index contributed by atoms with van der Waals surface area (Å²) in [6.45, 7) is 0. The number of rotatable bonds is 4. The maximum atomic E-state index is 5.85. The van der Waals surface area contributed by atoms with Crippen molar-refractivity contribution in [2.45, 2.75) is 31.2 Å². The monoisotopic (exact) mass is 378 g/mol. The summed E-state index contributed by atoms with van der Waals surface area (Å²) >= 11 is 2.33. The number of halogens is 1. The molecule has 1 fully saturated rings. The van der Waals surface area contributed by atoms with Crippen LogP contribution >= 0.6 is 22.6 Å². The van der Waals surface area contributed by atoms with E-state index in [1.54, 1.807) is 0 Å². The third-order valence-corrected chi connectivity index (χ3v) is 4.94. The molecule has 0 aliphatic heterocycles. The fourth-order valence-electron chi connectivity index (χ4n) is 2.89. The van der Waals surface area contributed by atoms with E-state index in [1.165, 1.54) is 39.5 Å². The van der Waals surface area contributed by atoms with Gasteiger partial charge in [-0.3, -0.25) is 5.84 Å². The molecule has 3 rings (SSSR count). The largest absolute Gasteiger partial charge is 0.271 e. The molecule has 104 valence electrons. The minimum atomic E-state index is 0.0730. The van der Waals surface area contributed by atoms with Crippen molar-refractivity contribution in [3.05, 3.63) is 68.8 Å². The Kier molecular flexibility index (Phi) is 4.38. The van der Waals surface area contributed by atoms with E-state index in [0.29, 0.717) is 5.92 Å². The van der Waals surface area contributed by atoms with Gasteiger partial charge in [0.15, 0.2) is 0 Å². The lowest BCUT2D eigenvalue weighted by Crippen LogP contribution is -2.30. The fraction of sp³-hybridized carbons (Fsp3) is 0.294. The summed E-state index contributed by atoms with van der Waals surface area (Å²) in [6.07, 6.45) is 3.96. The molecule has 1 saturated carbocycles. The van der Waals surface area contributed by atoms with E-state index < -0.39 is 0 Å². The van der Waals surface area contributed by atoms with Gasteiger partial charge in [0.05, 0.1) is 6.04 Å². The topological polar surface area (TPSA) is 38.0 Å². The van der Waals surface area contributed by atoms with Gasteiger partial charge in [0, 0.05) is 3.57 Å². The van der Waals surface area contributed by atoms with E-state index in [0.717, 1.165) is 0 Å². The average Bonchev–Trinajstić information content (AvgIpc) is 2.41. The van der Waals surface area contributed by atoms with Gasteiger partial charge in [-0.25, -0.2) is 5.43 Å². The van der Waals surface area contributed by atoms with Crippen molar-refractivity contribution in [1.29, 1.82) is 0 Å². The van der Waals surface area contributed by atoms with Crippen molar-refractivity contribution in [3.8, 4) is 0 Å². The third kappa shape index (κ3) is 2.75. The Morgan fingerprint density at radius 2 is 1.75 bits per heavy atom. The van der Waals surface area contributed by atoms with Crippen LogP contribution in [0.2, 0.25) is 0 Å². The summed E-state index contributed by atoms with van der Waals surface area (Å²) < 4.78 is 1.24. The van der Waals surface area contributed by atoms with E-state index >= 15 is 0 Å². The molecule has 2 aromatic rings. The highest BCUT2D eigenvalue weighted by atomic mass is 127. The molecular formula is C17H19IN2. The predicted octanol–water partition coefficient (Wildman–Crippen LogP) is 4.11. The third-order valence-electron chi connectivity index (χ3n) is 4.22. The van der Waals surface area contributed by atoms with Crippen LogP contribution in [0.15, 0.2) is 48.5 Å². The van der Waals surface area contributed by atoms with Crippen LogP contribution in [0, 0.1) is 3.57 Å². The van der Waals surface area contributed by atoms with E-state index in [9.17, 15) is 0 Å². The van der Waals surface area contributed by atoms with Crippen LogP contribution in [0.25, 0.3) is 0 Å². The molecule has 0 radical (unpaired) electrons. The van der Waals surface area contributed by atoms with Gasteiger partial charge < -0.3 is 0 Å². The summed E-state index contributed by atoms with van der Waals surface area (Å²) in [5.74, 6) is 6.57. The van der Waals surface area contributed by atoms with E-state index in [2.05, 4.69) is 76.5 Å². The Hall–Kier alpha value is -0.910. The van der Waals surface area contributed by atoms with Gasteiger partial charge in [-0.2, -0.15) is 0 Å². The van der Waals surface area contributed by atoms with Gasteiger partial charge in [0.2, 0.25) is 0 Å². The number of nitrogens with one attached hydrogen (secondary N) is 1. The van der Waals surface area contributed by atoms with Crippen LogP contribution in [-0.4, -0.2) is 0 Å². The van der Waals surface area contributed by atoms with Crippen LogP contribution in [0.3, 0.4) is 0 Å². The Labute approximate surface area is 133 Å². The first-order valence-electron chi connectivity index (χ1n) is 7.10. The Morgan fingerprint density at radius 1 is 1.05 bits per heavy atom. The van der Waals surface area contributed by atoms with Crippen molar-refractivity contribution in [1.82, 2.24) is 5.43 Å². The minimum absolute atomic E-state index is 0.0730. The molecule has 0 aromatic heterocycles. The lowest BCUT2D eigenvalue weighted by molar-refractivity contribution is 0.414. The van der Waals surface area contributed by atoms with Crippen molar-refractivity contribution in [2.75, 3.05) is 0 Å². The summed E-state index contributed by atoms with van der Waals surface area (Å²) in [5, 5.41) is 0. The van der Waals surface area contributed by atoms with Crippen LogP contribution < -0.4 is 11.3 Å². The first kappa shape index (κ1) is 14.0. The van der Waals surface area contributed by atoms with Gasteiger partial charge in [-0.1, -0.05) is 42.8 Å². The maximum absolute atomic E-state index is 5.85. The van der Waals surface area contributed by atoms with Gasteiger partial charge in [-0.05, 0) is 70.2 Å². The van der Waals surface area contributed by atoms with Crippen molar-refractivity contribution in [3.63, 3.8) is 0 Å². The number of nitrogens with two attached hydrogens (primary N) is 1. The lowest BCUT2D eigenvalue weighted by atomic mass is 9.76. The number of hydrazine groups is 1. The Morgan fingerprint density at radius 3 is 2.35 bits per heavy atom. The second-order valence-electron chi connectivity index (χ2n) is 5.41. The zero-order valence-electron chi connectivity index (χ0n) is 11.4. The molecule has 2 aromatic carbocycles. The van der Waals surface area contributed by atoms with Gasteiger partial charge in [0.1, 0.15) is 0 Å². The molecule has 1 aliphatic carbocycles. The predicted molar refractivity (Wildman–Crippen MR) is 91.4 cm³/mol. The highest BCUT2D eigenvalue weighted by molar-refractivity contribution is 14.1. The quantitative estimate of drug-likeness (QED) is 0.477. The second kappa shape index (κ2) is 6.24. The van der Waals surface area contributed by atoms with Crippen LogP contribution in [0.5, 0.6) is 0 Å². The fourth-order valence-corrected chi connectivity index (χ4v) is 3.25. The van der Waals surface area contributed by atoms with Gasteiger partial charge in [0.25, 0.3) is 0 Å². The van der Waals surface area contributed by atoms with Crippen molar-refractivity contribution in [2.24, 2.45) is 5.84 Å².